The fourth-order valence-electron chi connectivity index (χ4n) is 1.63. The number of nitrogens with two attached hydrogens (primary N) is 1. The molecule has 0 spiro atoms. The lowest BCUT2D eigenvalue weighted by Crippen LogP contribution is -2.05. The van der Waals surface area contributed by atoms with Crippen LogP contribution >= 0.6 is 11.8 Å². The molecule has 0 amide bonds. The standard InChI is InChI=1S/C11H15N3S/c1-8-7-10(12)14-11(13-8)15-9-5-3-2-4-6-9/h3,5,7,9H,2,4,6H2,1H3,(H2,12,13,14). The molecule has 1 heterocycles. The minimum atomic E-state index is 0.514. The summed E-state index contributed by atoms with van der Waals surface area (Å²) >= 11 is 1.70. The van der Waals surface area contributed by atoms with Gasteiger partial charge < -0.3 is 5.73 Å². The second-order valence-corrected chi connectivity index (χ2v) is 4.94. The average molecular weight is 221 g/mol. The number of aromatic nitrogens is 2. The Morgan fingerprint density at radius 2 is 2.33 bits per heavy atom. The molecule has 1 atom stereocenters. The van der Waals surface area contributed by atoms with Crippen LogP contribution in [0.4, 0.5) is 5.82 Å². The predicted molar refractivity (Wildman–Crippen MR) is 63.8 cm³/mol. The summed E-state index contributed by atoms with van der Waals surface area (Å²) in [5.41, 5.74) is 6.62. The molecule has 0 radical (unpaired) electrons. The Morgan fingerprint density at radius 3 is 3.00 bits per heavy atom. The van der Waals surface area contributed by atoms with Crippen LogP contribution in [0.1, 0.15) is 25.0 Å². The van der Waals surface area contributed by atoms with Gasteiger partial charge >= 0.3 is 0 Å². The zero-order valence-corrected chi connectivity index (χ0v) is 9.63. The summed E-state index contributed by atoms with van der Waals surface area (Å²) < 4.78 is 0. The summed E-state index contributed by atoms with van der Waals surface area (Å²) in [4.78, 5) is 8.59. The van der Waals surface area contributed by atoms with E-state index in [2.05, 4.69) is 22.1 Å². The molecule has 1 aliphatic carbocycles. The Hall–Kier alpha value is -1.03. The van der Waals surface area contributed by atoms with Crippen LogP contribution in [0, 0.1) is 6.92 Å². The zero-order chi connectivity index (χ0) is 10.7. The third-order valence-electron chi connectivity index (χ3n) is 2.32. The molecule has 80 valence electrons. The lowest BCUT2D eigenvalue weighted by atomic mass is 10.1. The van der Waals surface area contributed by atoms with Gasteiger partial charge in [-0.25, -0.2) is 9.97 Å². The number of anilines is 1. The van der Waals surface area contributed by atoms with E-state index in [-0.39, 0.29) is 0 Å². The number of nitrogens with zero attached hydrogens (tertiary/aromatic N) is 2. The van der Waals surface area contributed by atoms with E-state index in [0.717, 1.165) is 10.9 Å². The fraction of sp³-hybridized carbons (Fsp3) is 0.455. The molecule has 0 saturated heterocycles. The molecule has 4 heteroatoms. The summed E-state index contributed by atoms with van der Waals surface area (Å²) in [5, 5.41) is 1.31. The van der Waals surface area contributed by atoms with Crippen molar-refractivity contribution in [3.63, 3.8) is 0 Å². The number of thioether (sulfide) groups is 1. The molecule has 0 aromatic carbocycles. The number of allylic oxidation sites excluding steroid dienone is 1. The number of rotatable bonds is 2. The average Bonchev–Trinajstić information content (AvgIpc) is 2.17. The van der Waals surface area contributed by atoms with Gasteiger partial charge in [-0.1, -0.05) is 23.9 Å². The van der Waals surface area contributed by atoms with Crippen LogP contribution in [0.5, 0.6) is 0 Å². The lowest BCUT2D eigenvalue weighted by molar-refractivity contribution is 0.738. The van der Waals surface area contributed by atoms with Crippen molar-refractivity contribution < 1.29 is 0 Å². The zero-order valence-electron chi connectivity index (χ0n) is 8.81. The largest absolute Gasteiger partial charge is 0.384 e. The summed E-state index contributed by atoms with van der Waals surface area (Å²) in [6.07, 6.45) is 8.15. The maximum absolute atomic E-state index is 5.68. The lowest BCUT2D eigenvalue weighted by Gasteiger charge is -2.14. The Bertz CT molecular complexity index is 356. The van der Waals surface area contributed by atoms with Crippen molar-refractivity contribution in [2.45, 2.75) is 36.6 Å². The van der Waals surface area contributed by atoms with Crippen LogP contribution in [0.25, 0.3) is 0 Å². The number of aryl methyl sites for hydroxylation is 1. The van der Waals surface area contributed by atoms with Gasteiger partial charge in [-0.05, 0) is 26.2 Å². The quantitative estimate of drug-likeness (QED) is 0.616. The molecule has 15 heavy (non-hydrogen) atoms. The van der Waals surface area contributed by atoms with Gasteiger partial charge in [0, 0.05) is 17.0 Å². The van der Waals surface area contributed by atoms with Gasteiger partial charge in [-0.2, -0.15) is 0 Å². The van der Waals surface area contributed by atoms with Crippen LogP contribution in [-0.4, -0.2) is 15.2 Å². The summed E-state index contributed by atoms with van der Waals surface area (Å²) in [6.45, 7) is 1.94. The van der Waals surface area contributed by atoms with Crippen molar-refractivity contribution in [1.29, 1.82) is 0 Å². The molecule has 1 aliphatic rings. The van der Waals surface area contributed by atoms with E-state index in [1.165, 1.54) is 19.3 Å². The van der Waals surface area contributed by atoms with Crippen LogP contribution in [0.2, 0.25) is 0 Å². The van der Waals surface area contributed by atoms with E-state index in [1.807, 2.05) is 6.92 Å². The van der Waals surface area contributed by atoms with Crippen molar-refractivity contribution in [2.75, 3.05) is 5.73 Å². The Kier molecular flexibility index (Phi) is 3.26. The third-order valence-corrected chi connectivity index (χ3v) is 3.41. The van der Waals surface area contributed by atoms with E-state index < -0.39 is 0 Å². The molecule has 0 fully saturated rings. The van der Waals surface area contributed by atoms with Gasteiger partial charge in [0.15, 0.2) is 5.16 Å². The van der Waals surface area contributed by atoms with Gasteiger partial charge in [-0.15, -0.1) is 0 Å². The number of nitrogen functional groups attached to an aromatic ring is 1. The normalized spacial score (nSPS) is 20.5. The first-order valence-corrected chi connectivity index (χ1v) is 6.06. The van der Waals surface area contributed by atoms with Crippen LogP contribution < -0.4 is 5.73 Å². The topological polar surface area (TPSA) is 51.8 Å². The van der Waals surface area contributed by atoms with E-state index >= 15 is 0 Å². The molecule has 1 unspecified atom stereocenters. The Morgan fingerprint density at radius 1 is 1.47 bits per heavy atom. The van der Waals surface area contributed by atoms with Gasteiger partial charge in [0.2, 0.25) is 0 Å². The Balaban J connectivity index is 2.09. The molecule has 1 aromatic heterocycles. The highest BCUT2D eigenvalue weighted by molar-refractivity contribution is 7.99. The molecule has 2 N–H and O–H groups in total. The molecular weight excluding hydrogens is 206 g/mol. The maximum atomic E-state index is 5.68. The molecule has 0 aliphatic heterocycles. The molecule has 2 rings (SSSR count). The molecular formula is C11H15N3S. The number of hydrogen-bond donors (Lipinski definition) is 1. The van der Waals surface area contributed by atoms with Crippen molar-refractivity contribution in [3.8, 4) is 0 Å². The molecule has 1 aromatic rings. The third kappa shape index (κ3) is 2.96. The highest BCUT2D eigenvalue weighted by atomic mass is 32.2. The van der Waals surface area contributed by atoms with Crippen molar-refractivity contribution in [2.24, 2.45) is 0 Å². The van der Waals surface area contributed by atoms with E-state index in [0.29, 0.717) is 11.1 Å². The molecule has 0 saturated carbocycles. The minimum Gasteiger partial charge on any atom is -0.384 e. The predicted octanol–water partition coefficient (Wildman–Crippen LogP) is 2.57. The van der Waals surface area contributed by atoms with Crippen molar-refractivity contribution in [3.05, 3.63) is 23.9 Å². The van der Waals surface area contributed by atoms with E-state index in [1.54, 1.807) is 17.8 Å². The van der Waals surface area contributed by atoms with Crippen molar-refractivity contribution >= 4 is 17.6 Å². The highest BCUT2D eigenvalue weighted by Gasteiger charge is 2.12. The summed E-state index contributed by atoms with van der Waals surface area (Å²) in [6, 6.07) is 1.79. The SMILES string of the molecule is Cc1cc(N)nc(SC2C=CCCC2)n1. The first kappa shape index (κ1) is 10.5. The monoisotopic (exact) mass is 221 g/mol. The summed E-state index contributed by atoms with van der Waals surface area (Å²) in [5.74, 6) is 0.560. The second-order valence-electron chi connectivity index (χ2n) is 3.73. The van der Waals surface area contributed by atoms with E-state index in [4.69, 9.17) is 5.73 Å². The number of hydrogen-bond acceptors (Lipinski definition) is 4. The smallest absolute Gasteiger partial charge is 0.190 e. The van der Waals surface area contributed by atoms with Gasteiger partial charge in [0.1, 0.15) is 5.82 Å². The second kappa shape index (κ2) is 4.66. The van der Waals surface area contributed by atoms with Gasteiger partial charge in [0.25, 0.3) is 0 Å². The first-order valence-electron chi connectivity index (χ1n) is 5.18. The highest BCUT2D eigenvalue weighted by Crippen LogP contribution is 2.28. The van der Waals surface area contributed by atoms with E-state index in [9.17, 15) is 0 Å². The molecule has 0 bridgehead atoms. The van der Waals surface area contributed by atoms with Crippen LogP contribution in [-0.2, 0) is 0 Å². The molecule has 3 nitrogen and oxygen atoms in total. The fourth-order valence-corrected chi connectivity index (χ4v) is 2.73. The van der Waals surface area contributed by atoms with Crippen molar-refractivity contribution in [1.82, 2.24) is 9.97 Å². The summed E-state index contributed by atoms with van der Waals surface area (Å²) in [7, 11) is 0. The minimum absolute atomic E-state index is 0.514. The van der Waals surface area contributed by atoms with Gasteiger partial charge in [0.05, 0.1) is 0 Å². The van der Waals surface area contributed by atoms with Crippen LogP contribution in [0.15, 0.2) is 23.4 Å². The first-order chi connectivity index (χ1) is 7.24. The van der Waals surface area contributed by atoms with Crippen LogP contribution in [0.3, 0.4) is 0 Å². The van der Waals surface area contributed by atoms with Gasteiger partial charge in [-0.3, -0.25) is 0 Å². The Labute approximate surface area is 94.2 Å². The maximum Gasteiger partial charge on any atom is 0.190 e.